The fraction of sp³-hybridized carbons (Fsp3) is 0.480. The van der Waals surface area contributed by atoms with Crippen LogP contribution in [0.3, 0.4) is 0 Å². The first-order valence-electron chi connectivity index (χ1n) is 11.7. The topological polar surface area (TPSA) is 99.7 Å². The molecule has 2 aliphatic heterocycles. The first-order chi connectivity index (χ1) is 17.4. The Labute approximate surface area is 209 Å². The Kier molecular flexibility index (Phi) is 9.19. The maximum atomic E-state index is 13.8. The molecule has 196 valence electrons. The van der Waals surface area contributed by atoms with Crippen molar-refractivity contribution in [3.8, 4) is 11.6 Å². The summed E-state index contributed by atoms with van der Waals surface area (Å²) in [6.07, 6.45) is 0.000583. The van der Waals surface area contributed by atoms with Crippen molar-refractivity contribution in [2.45, 2.75) is 32.0 Å². The van der Waals surface area contributed by atoms with Crippen LogP contribution in [-0.4, -0.2) is 80.6 Å². The number of carbonyl (C=O) groups is 2. The van der Waals surface area contributed by atoms with Gasteiger partial charge in [0.25, 0.3) is 17.7 Å². The molecule has 0 spiro atoms. The van der Waals surface area contributed by atoms with Crippen LogP contribution >= 0.6 is 0 Å². The lowest BCUT2D eigenvalue weighted by Gasteiger charge is -2.41. The number of piperidine rings is 1. The molecule has 2 amide bonds. The molecule has 10 nitrogen and oxygen atoms in total. The van der Waals surface area contributed by atoms with Crippen molar-refractivity contribution in [2.75, 3.05) is 47.8 Å². The number of fused-ring (bicyclic) bond motifs is 1. The van der Waals surface area contributed by atoms with Gasteiger partial charge in [0.05, 0.1) is 20.8 Å². The minimum atomic E-state index is -0.802. The van der Waals surface area contributed by atoms with Crippen LogP contribution in [0.15, 0.2) is 36.4 Å². The number of carbonyl (C=O) groups excluding carboxylic acids is 2. The number of nitrogens with zero attached hydrogens (tertiary/aromatic N) is 3. The quantitative estimate of drug-likeness (QED) is 0.530. The second kappa shape index (κ2) is 12.1. The number of methoxy groups -OCH3 is 1. The molecule has 2 atom stereocenters. The highest BCUT2D eigenvalue weighted by Crippen LogP contribution is 2.43. The molecule has 0 N–H and O–H groups in total. The summed E-state index contributed by atoms with van der Waals surface area (Å²) in [4.78, 5) is 35.8. The highest BCUT2D eigenvalue weighted by Gasteiger charge is 2.51. The number of rotatable bonds is 7. The summed E-state index contributed by atoms with van der Waals surface area (Å²) in [5, 5.41) is 1.03. The molecular weight excluding hydrogens is 473 g/mol. The molecule has 2 saturated heterocycles. The number of hydroxylamine groups is 2. The molecule has 3 heterocycles. The predicted molar refractivity (Wildman–Crippen MR) is 127 cm³/mol. The second-order valence-electron chi connectivity index (χ2n) is 7.88. The number of pyridine rings is 1. The summed E-state index contributed by atoms with van der Waals surface area (Å²) in [6.45, 7) is 4.41. The highest BCUT2D eigenvalue weighted by atomic mass is 19.1. The van der Waals surface area contributed by atoms with Gasteiger partial charge in [-0.05, 0) is 29.8 Å². The van der Waals surface area contributed by atoms with E-state index in [2.05, 4.69) is 4.98 Å². The summed E-state index contributed by atoms with van der Waals surface area (Å²) in [5.41, 5.74) is 0.0441. The number of benzene rings is 1. The van der Waals surface area contributed by atoms with E-state index in [4.69, 9.17) is 23.8 Å². The standard InChI is InChI=1S/C23H26FN3O7.C2H6/c1-26(31-3)20(28)13-32-18-8-7-17(25-21(18)30-2)22(29)27-10-9-23(19(12-27)33-14-34-23)15-5-4-6-16(24)11-15;1-2/h4-8,11,19H,9-10,12-14H2,1-3H3;1-2H3/t19-,23-;/m1./s1. The Morgan fingerprint density at radius 3 is 2.72 bits per heavy atom. The van der Waals surface area contributed by atoms with E-state index >= 15 is 0 Å². The lowest BCUT2D eigenvalue weighted by atomic mass is 9.82. The van der Waals surface area contributed by atoms with E-state index < -0.39 is 17.6 Å². The molecule has 1 aromatic carbocycles. The van der Waals surface area contributed by atoms with Crippen LogP contribution in [0.4, 0.5) is 4.39 Å². The number of likely N-dealkylation sites (N-methyl/N-ethyl adjacent to an activating group) is 1. The summed E-state index contributed by atoms with van der Waals surface area (Å²) in [5.74, 6) is -0.783. The lowest BCUT2D eigenvalue weighted by Crippen LogP contribution is -2.53. The first-order valence-corrected chi connectivity index (χ1v) is 11.7. The van der Waals surface area contributed by atoms with Crippen molar-refractivity contribution >= 4 is 11.8 Å². The number of ether oxygens (including phenoxy) is 4. The highest BCUT2D eigenvalue weighted by molar-refractivity contribution is 5.92. The van der Waals surface area contributed by atoms with Crippen molar-refractivity contribution in [3.63, 3.8) is 0 Å². The molecule has 1 aromatic heterocycles. The maximum Gasteiger partial charge on any atom is 0.283 e. The molecule has 0 unspecified atom stereocenters. The number of hydrogen-bond donors (Lipinski definition) is 0. The van der Waals surface area contributed by atoms with Gasteiger partial charge < -0.3 is 23.8 Å². The van der Waals surface area contributed by atoms with Gasteiger partial charge in [-0.2, -0.15) is 0 Å². The van der Waals surface area contributed by atoms with E-state index in [1.807, 2.05) is 19.9 Å². The number of likely N-dealkylation sites (tertiary alicyclic amines) is 1. The zero-order chi connectivity index (χ0) is 26.3. The summed E-state index contributed by atoms with van der Waals surface area (Å²) in [6, 6.07) is 9.29. The van der Waals surface area contributed by atoms with Crippen molar-refractivity contribution < 1.29 is 37.8 Å². The van der Waals surface area contributed by atoms with Crippen molar-refractivity contribution in [3.05, 3.63) is 53.5 Å². The van der Waals surface area contributed by atoms with Gasteiger partial charge in [-0.1, -0.05) is 26.0 Å². The van der Waals surface area contributed by atoms with Crippen LogP contribution in [0.25, 0.3) is 0 Å². The van der Waals surface area contributed by atoms with Gasteiger partial charge in [-0.3, -0.25) is 14.4 Å². The van der Waals surface area contributed by atoms with E-state index in [-0.39, 0.29) is 49.0 Å². The maximum absolute atomic E-state index is 13.8. The third-order valence-corrected chi connectivity index (χ3v) is 6.06. The minimum Gasteiger partial charge on any atom is -0.478 e. The van der Waals surface area contributed by atoms with Crippen LogP contribution in [-0.2, 0) is 24.7 Å². The zero-order valence-corrected chi connectivity index (χ0v) is 21.2. The molecule has 0 saturated carbocycles. The molecule has 0 bridgehead atoms. The average molecular weight is 506 g/mol. The third-order valence-electron chi connectivity index (χ3n) is 6.06. The van der Waals surface area contributed by atoms with E-state index in [1.54, 1.807) is 11.0 Å². The Balaban J connectivity index is 0.00000176. The lowest BCUT2D eigenvalue weighted by molar-refractivity contribution is -0.170. The molecule has 11 heteroatoms. The fourth-order valence-corrected chi connectivity index (χ4v) is 4.12. The van der Waals surface area contributed by atoms with Crippen molar-refractivity contribution in [1.82, 2.24) is 14.9 Å². The Morgan fingerprint density at radius 2 is 2.03 bits per heavy atom. The molecular formula is C25H32FN3O7. The number of hydrogen-bond acceptors (Lipinski definition) is 8. The predicted octanol–water partition coefficient (Wildman–Crippen LogP) is 2.77. The van der Waals surface area contributed by atoms with E-state index in [0.29, 0.717) is 18.5 Å². The van der Waals surface area contributed by atoms with Crippen molar-refractivity contribution in [1.29, 1.82) is 0 Å². The van der Waals surface area contributed by atoms with Crippen LogP contribution in [0.1, 0.15) is 36.3 Å². The number of aromatic nitrogens is 1. The van der Waals surface area contributed by atoms with Gasteiger partial charge >= 0.3 is 0 Å². The fourth-order valence-electron chi connectivity index (χ4n) is 4.12. The molecule has 0 radical (unpaired) electrons. The van der Waals surface area contributed by atoms with Crippen LogP contribution in [0.5, 0.6) is 11.6 Å². The summed E-state index contributed by atoms with van der Waals surface area (Å²) in [7, 11) is 4.22. The van der Waals surface area contributed by atoms with Crippen molar-refractivity contribution in [2.24, 2.45) is 0 Å². The molecule has 2 aliphatic rings. The van der Waals surface area contributed by atoms with Gasteiger partial charge in [-0.25, -0.2) is 14.4 Å². The number of halogens is 1. The van der Waals surface area contributed by atoms with Crippen LogP contribution < -0.4 is 9.47 Å². The largest absolute Gasteiger partial charge is 0.478 e. The zero-order valence-electron chi connectivity index (χ0n) is 21.2. The average Bonchev–Trinajstić information content (AvgIpc) is 3.36. The van der Waals surface area contributed by atoms with Gasteiger partial charge in [-0.15, -0.1) is 0 Å². The van der Waals surface area contributed by atoms with E-state index in [0.717, 1.165) is 5.06 Å². The molecule has 36 heavy (non-hydrogen) atoms. The van der Waals surface area contributed by atoms with Gasteiger partial charge in [0.1, 0.15) is 30.0 Å². The van der Waals surface area contributed by atoms with Gasteiger partial charge in [0, 0.05) is 20.0 Å². The summed E-state index contributed by atoms with van der Waals surface area (Å²) < 4.78 is 36.3. The smallest absolute Gasteiger partial charge is 0.283 e. The number of amides is 2. The second-order valence-corrected chi connectivity index (χ2v) is 7.88. The van der Waals surface area contributed by atoms with Gasteiger partial charge in [0.15, 0.2) is 12.4 Å². The Morgan fingerprint density at radius 1 is 1.25 bits per heavy atom. The molecule has 0 aliphatic carbocycles. The molecule has 4 rings (SSSR count). The summed E-state index contributed by atoms with van der Waals surface area (Å²) >= 11 is 0. The monoisotopic (exact) mass is 505 g/mol. The normalized spacial score (nSPS) is 20.6. The van der Waals surface area contributed by atoms with E-state index in [9.17, 15) is 14.0 Å². The van der Waals surface area contributed by atoms with Crippen LogP contribution in [0, 0.1) is 5.82 Å². The Hall–Kier alpha value is -3.28. The molecule has 2 aromatic rings. The third kappa shape index (κ3) is 5.58. The van der Waals surface area contributed by atoms with Gasteiger partial charge in [0.2, 0.25) is 0 Å². The Bertz CT molecular complexity index is 1070. The first kappa shape index (κ1) is 27.3. The van der Waals surface area contributed by atoms with E-state index in [1.165, 1.54) is 45.5 Å². The van der Waals surface area contributed by atoms with Crippen LogP contribution in [0.2, 0.25) is 0 Å². The SMILES string of the molecule is CC.COc1nc(C(=O)N2CC[C@]3(c4cccc(F)c4)OCO[C@@H]3C2)ccc1OCC(=O)N(C)OC. The minimum absolute atomic E-state index is 0.0678. The molecule has 2 fully saturated rings.